The summed E-state index contributed by atoms with van der Waals surface area (Å²) in [6.45, 7) is 0.704. The topological polar surface area (TPSA) is 69.1 Å². The highest BCUT2D eigenvalue weighted by molar-refractivity contribution is 7.16. The fourth-order valence-corrected chi connectivity index (χ4v) is 4.04. The van der Waals surface area contributed by atoms with Crippen LogP contribution in [0.2, 0.25) is 0 Å². The summed E-state index contributed by atoms with van der Waals surface area (Å²) >= 11 is 1.67. The Morgan fingerprint density at radius 2 is 2.06 bits per heavy atom. The van der Waals surface area contributed by atoms with Gasteiger partial charge in [-0.1, -0.05) is 24.2 Å². The Bertz CT molecular complexity index is 576. The second-order valence-corrected chi connectivity index (χ2v) is 6.58. The first-order valence-corrected chi connectivity index (χ1v) is 7.57. The first kappa shape index (κ1) is 10.9. The summed E-state index contributed by atoms with van der Waals surface area (Å²) < 4.78 is 1.98. The maximum absolute atomic E-state index is 5.87. The van der Waals surface area contributed by atoms with Crippen molar-refractivity contribution >= 4 is 16.3 Å². The number of aromatic nitrogens is 4. The van der Waals surface area contributed by atoms with Crippen molar-refractivity contribution in [1.82, 2.24) is 19.8 Å². The van der Waals surface area contributed by atoms with E-state index >= 15 is 0 Å². The molecule has 6 heteroatoms. The van der Waals surface area contributed by atoms with Crippen LogP contribution in [0.25, 0.3) is 4.96 Å². The van der Waals surface area contributed by atoms with Gasteiger partial charge >= 0.3 is 0 Å². The molecule has 2 saturated carbocycles. The summed E-state index contributed by atoms with van der Waals surface area (Å²) in [4.78, 5) is 0.937. The van der Waals surface area contributed by atoms with Crippen molar-refractivity contribution < 1.29 is 0 Å². The van der Waals surface area contributed by atoms with Crippen LogP contribution in [-0.2, 0) is 5.41 Å². The van der Waals surface area contributed by atoms with Crippen LogP contribution in [0.15, 0.2) is 0 Å². The van der Waals surface area contributed by atoms with Crippen LogP contribution in [0, 0.1) is 0 Å². The van der Waals surface area contributed by atoms with Crippen molar-refractivity contribution in [2.75, 3.05) is 6.54 Å². The zero-order valence-corrected chi connectivity index (χ0v) is 11.1. The van der Waals surface area contributed by atoms with E-state index in [0.29, 0.717) is 12.5 Å². The van der Waals surface area contributed by atoms with E-state index in [1.807, 2.05) is 4.52 Å². The van der Waals surface area contributed by atoms with E-state index in [0.717, 1.165) is 15.8 Å². The highest BCUT2D eigenvalue weighted by Crippen LogP contribution is 2.48. The Morgan fingerprint density at radius 1 is 1.28 bits per heavy atom. The number of hydrogen-bond donors (Lipinski definition) is 1. The number of nitrogens with zero attached hydrogens (tertiary/aromatic N) is 4. The number of rotatable bonds is 3. The number of nitrogens with two attached hydrogens (primary N) is 1. The van der Waals surface area contributed by atoms with Gasteiger partial charge in [-0.05, 0) is 25.7 Å². The Labute approximate surface area is 109 Å². The van der Waals surface area contributed by atoms with E-state index in [1.54, 1.807) is 11.3 Å². The summed E-state index contributed by atoms with van der Waals surface area (Å²) in [5, 5.41) is 14.5. The van der Waals surface area contributed by atoms with Crippen molar-refractivity contribution in [2.45, 2.75) is 49.9 Å². The maximum Gasteiger partial charge on any atom is 0.234 e. The van der Waals surface area contributed by atoms with Gasteiger partial charge in [0.2, 0.25) is 4.96 Å². The number of fused-ring (bicyclic) bond motifs is 1. The van der Waals surface area contributed by atoms with Gasteiger partial charge in [0.1, 0.15) is 5.01 Å². The van der Waals surface area contributed by atoms with Gasteiger partial charge in [0.15, 0.2) is 5.82 Å². The lowest BCUT2D eigenvalue weighted by Gasteiger charge is -2.06. The summed E-state index contributed by atoms with van der Waals surface area (Å²) in [6, 6.07) is 0. The largest absolute Gasteiger partial charge is 0.329 e. The predicted molar refractivity (Wildman–Crippen MR) is 69.8 cm³/mol. The van der Waals surface area contributed by atoms with Crippen molar-refractivity contribution in [2.24, 2.45) is 5.73 Å². The zero-order valence-electron chi connectivity index (χ0n) is 10.3. The molecule has 0 aromatic carbocycles. The van der Waals surface area contributed by atoms with Crippen molar-refractivity contribution in [1.29, 1.82) is 0 Å². The van der Waals surface area contributed by atoms with Gasteiger partial charge in [0.05, 0.1) is 0 Å². The Balaban J connectivity index is 1.77. The molecular formula is C12H17N5S. The monoisotopic (exact) mass is 263 g/mol. The maximum atomic E-state index is 5.87. The molecule has 0 aliphatic heterocycles. The second kappa shape index (κ2) is 3.74. The molecule has 2 aromatic rings. The molecule has 0 saturated heterocycles. The van der Waals surface area contributed by atoms with Gasteiger partial charge in [0, 0.05) is 17.9 Å². The first-order chi connectivity index (χ1) is 8.82. The van der Waals surface area contributed by atoms with E-state index in [2.05, 4.69) is 10.2 Å². The molecule has 4 rings (SSSR count). The molecule has 96 valence electrons. The third kappa shape index (κ3) is 1.45. The molecule has 18 heavy (non-hydrogen) atoms. The molecule has 2 heterocycles. The molecular weight excluding hydrogens is 246 g/mol. The molecule has 2 aliphatic carbocycles. The molecule has 0 radical (unpaired) electrons. The standard InChI is InChI=1S/C12H17N5S/c13-7-12(5-6-12)10-16-17-9(8-3-1-2-4-8)14-15-11(17)18-10/h8H,1-7,13H2. The van der Waals surface area contributed by atoms with Gasteiger partial charge in [-0.2, -0.15) is 9.61 Å². The van der Waals surface area contributed by atoms with E-state index in [1.165, 1.54) is 38.5 Å². The van der Waals surface area contributed by atoms with Crippen LogP contribution in [0.3, 0.4) is 0 Å². The second-order valence-electron chi connectivity index (χ2n) is 5.63. The molecule has 0 atom stereocenters. The Kier molecular flexibility index (Phi) is 2.26. The van der Waals surface area contributed by atoms with Crippen LogP contribution >= 0.6 is 11.3 Å². The highest BCUT2D eigenvalue weighted by Gasteiger charge is 2.46. The van der Waals surface area contributed by atoms with Crippen LogP contribution in [0.5, 0.6) is 0 Å². The van der Waals surface area contributed by atoms with Crippen LogP contribution in [-0.4, -0.2) is 26.4 Å². The fraction of sp³-hybridized carbons (Fsp3) is 0.750. The van der Waals surface area contributed by atoms with Crippen LogP contribution < -0.4 is 5.73 Å². The van der Waals surface area contributed by atoms with E-state index in [-0.39, 0.29) is 5.41 Å². The van der Waals surface area contributed by atoms with Gasteiger partial charge < -0.3 is 5.73 Å². The van der Waals surface area contributed by atoms with Gasteiger partial charge in [-0.25, -0.2) is 0 Å². The molecule has 0 spiro atoms. The van der Waals surface area contributed by atoms with E-state index < -0.39 is 0 Å². The molecule has 2 aliphatic rings. The van der Waals surface area contributed by atoms with Gasteiger partial charge in [-0.3, -0.25) is 0 Å². The Morgan fingerprint density at radius 3 is 2.72 bits per heavy atom. The molecule has 2 fully saturated rings. The predicted octanol–water partition coefficient (Wildman–Crippen LogP) is 1.83. The lowest BCUT2D eigenvalue weighted by Crippen LogP contribution is -2.19. The minimum atomic E-state index is 0.165. The average molecular weight is 263 g/mol. The summed E-state index contributed by atoms with van der Waals surface area (Å²) in [5.74, 6) is 1.63. The molecule has 0 unspecified atom stereocenters. The van der Waals surface area contributed by atoms with Crippen molar-refractivity contribution in [3.8, 4) is 0 Å². The fourth-order valence-electron chi connectivity index (χ4n) is 2.94. The van der Waals surface area contributed by atoms with Crippen molar-refractivity contribution in [3.63, 3.8) is 0 Å². The molecule has 2 N–H and O–H groups in total. The quantitative estimate of drug-likeness (QED) is 0.917. The normalized spacial score (nSPS) is 22.9. The van der Waals surface area contributed by atoms with E-state index in [4.69, 9.17) is 10.8 Å². The molecule has 2 aromatic heterocycles. The van der Waals surface area contributed by atoms with Crippen molar-refractivity contribution in [3.05, 3.63) is 10.8 Å². The average Bonchev–Trinajstić information content (AvgIpc) is 2.79. The summed E-state index contributed by atoms with van der Waals surface area (Å²) in [5.41, 5.74) is 6.04. The van der Waals surface area contributed by atoms with Crippen LogP contribution in [0.1, 0.15) is 55.3 Å². The third-order valence-electron chi connectivity index (χ3n) is 4.43. The van der Waals surface area contributed by atoms with Gasteiger partial charge in [-0.15, -0.1) is 10.2 Å². The third-order valence-corrected chi connectivity index (χ3v) is 5.58. The molecule has 0 amide bonds. The zero-order chi connectivity index (χ0) is 12.2. The minimum absolute atomic E-state index is 0.165. The SMILES string of the molecule is NCC1(c2nn3c(C4CCCC4)nnc3s2)CC1. The first-order valence-electron chi connectivity index (χ1n) is 6.75. The smallest absolute Gasteiger partial charge is 0.234 e. The highest BCUT2D eigenvalue weighted by atomic mass is 32.1. The minimum Gasteiger partial charge on any atom is -0.329 e. The van der Waals surface area contributed by atoms with Crippen LogP contribution in [0.4, 0.5) is 0 Å². The van der Waals surface area contributed by atoms with Gasteiger partial charge in [0.25, 0.3) is 0 Å². The lowest BCUT2D eigenvalue weighted by atomic mass is 10.1. The lowest BCUT2D eigenvalue weighted by molar-refractivity contribution is 0.622. The summed E-state index contributed by atoms with van der Waals surface area (Å²) in [6.07, 6.45) is 7.43. The molecule has 5 nitrogen and oxygen atoms in total. The Hall–Kier alpha value is -1.01. The number of hydrogen-bond acceptors (Lipinski definition) is 5. The summed E-state index contributed by atoms with van der Waals surface area (Å²) in [7, 11) is 0. The van der Waals surface area contributed by atoms with E-state index in [9.17, 15) is 0 Å². The molecule has 0 bridgehead atoms.